The Morgan fingerprint density at radius 2 is 1.56 bits per heavy atom. The molecule has 0 atom stereocenters. The lowest BCUT2D eigenvalue weighted by atomic mass is 10.1. The quantitative estimate of drug-likeness (QED) is 0.126. The molecule has 34 heavy (non-hydrogen) atoms. The minimum absolute atomic E-state index is 0.569. The summed E-state index contributed by atoms with van der Waals surface area (Å²) in [4.78, 5) is 20.4. The third-order valence-electron chi connectivity index (χ3n) is 4.15. The molecule has 0 fully saturated rings. The van der Waals surface area contributed by atoms with Crippen molar-refractivity contribution in [3.8, 4) is 21.0 Å². The van der Waals surface area contributed by atoms with Gasteiger partial charge in [-0.15, -0.1) is 0 Å². The molecular weight excluding hydrogens is 672 g/mol. The fraction of sp³-hybridized carbons (Fsp3) is 0.0769. The Balaban J connectivity index is 0.000000256. The molecule has 0 saturated heterocycles. The molecule has 0 aromatic heterocycles. The number of anilines is 3. The van der Waals surface area contributed by atoms with Crippen molar-refractivity contribution in [2.45, 2.75) is 6.92 Å². The Hall–Kier alpha value is -2.67. The maximum atomic E-state index is 10.3. The topological polar surface area (TPSA) is 84.2 Å². The van der Waals surface area contributed by atoms with Crippen molar-refractivity contribution >= 4 is 82.5 Å². The summed E-state index contributed by atoms with van der Waals surface area (Å²) in [5.74, 6) is 5.92. The van der Waals surface area contributed by atoms with E-state index in [1.807, 2.05) is 97.2 Å². The number of nitrogens with one attached hydrogen (secondary N) is 2. The predicted molar refractivity (Wildman–Crippen MR) is 162 cm³/mol. The van der Waals surface area contributed by atoms with Gasteiger partial charge in [0.1, 0.15) is 0 Å². The Bertz CT molecular complexity index is 1210. The Labute approximate surface area is 230 Å². The van der Waals surface area contributed by atoms with E-state index in [4.69, 9.17) is 5.73 Å². The molecule has 0 radical (unpaired) electrons. The van der Waals surface area contributed by atoms with Crippen molar-refractivity contribution in [2.24, 2.45) is 0 Å². The molecule has 3 rings (SSSR count). The largest absolute Gasteiger partial charge is 0.398 e. The highest BCUT2D eigenvalue weighted by atomic mass is 127. The summed E-state index contributed by atoms with van der Waals surface area (Å²) >= 11 is 4.13. The number of nitrogen functional groups attached to an aromatic ring is 1. The second-order valence-corrected chi connectivity index (χ2v) is 8.61. The average Bonchev–Trinajstić information content (AvgIpc) is 2.86. The van der Waals surface area contributed by atoms with Gasteiger partial charge in [-0.1, -0.05) is 36.1 Å². The fourth-order valence-electron chi connectivity index (χ4n) is 2.45. The molecule has 0 bridgehead atoms. The Morgan fingerprint density at radius 3 is 2.12 bits per heavy atom. The molecule has 5 nitrogen and oxygen atoms in total. The summed E-state index contributed by atoms with van der Waals surface area (Å²) in [6, 6.07) is 20.8. The number of carbonyl (C=O) groups excluding carboxylic acids is 2. The van der Waals surface area contributed by atoms with Crippen LogP contribution in [-0.4, -0.2) is 19.7 Å². The molecule has 0 aliphatic heterocycles. The van der Waals surface area contributed by atoms with Crippen molar-refractivity contribution in [2.75, 3.05) is 23.4 Å². The van der Waals surface area contributed by atoms with Crippen LogP contribution in [0.1, 0.15) is 27.0 Å². The standard InChI is InChI=1S/C9H6INO.C9H8INS.C8H9NO/c10-5-4-8-2-1-3-9(6-8)11-7-12;1-11-9-4-2-3-8(7-9)5-6-12-10;1-6-3-2-4-7(5-10)8(6)9/h1-3,6-7H,(H,11,12);2-4,7,11H,1H3;2-5H,9H2,1H3. The molecule has 0 unspecified atom stereocenters. The Kier molecular flexibility index (Phi) is 15.3. The SMILES string of the molecule is CNc1cccc(C#CSI)c1.Cc1cccc(C=O)c1N.O=CNc1cccc(C#CI)c1. The number of hydrogen-bond acceptors (Lipinski definition) is 5. The number of amides is 1. The minimum atomic E-state index is 0.569. The number of aldehydes is 1. The maximum absolute atomic E-state index is 10.3. The monoisotopic (exact) mass is 695 g/mol. The molecule has 0 aliphatic rings. The van der Waals surface area contributed by atoms with E-state index in [2.05, 4.69) is 52.9 Å². The van der Waals surface area contributed by atoms with Crippen LogP contribution in [0.2, 0.25) is 0 Å². The molecule has 8 heteroatoms. The summed E-state index contributed by atoms with van der Waals surface area (Å²) in [6.45, 7) is 1.88. The van der Waals surface area contributed by atoms with Gasteiger partial charge < -0.3 is 16.4 Å². The molecule has 0 spiro atoms. The van der Waals surface area contributed by atoms with Gasteiger partial charge >= 0.3 is 0 Å². The van der Waals surface area contributed by atoms with Crippen LogP contribution in [0, 0.1) is 27.9 Å². The van der Waals surface area contributed by atoms with Crippen molar-refractivity contribution in [3.63, 3.8) is 0 Å². The average molecular weight is 695 g/mol. The van der Waals surface area contributed by atoms with Gasteiger partial charge in [-0.25, -0.2) is 0 Å². The van der Waals surface area contributed by atoms with Crippen molar-refractivity contribution in [1.29, 1.82) is 0 Å². The van der Waals surface area contributed by atoms with E-state index in [1.165, 1.54) is 8.93 Å². The van der Waals surface area contributed by atoms with Gasteiger partial charge in [0.25, 0.3) is 0 Å². The summed E-state index contributed by atoms with van der Waals surface area (Å²) < 4.78 is 2.76. The lowest BCUT2D eigenvalue weighted by molar-refractivity contribution is -0.105. The van der Waals surface area contributed by atoms with Crippen LogP contribution in [0.25, 0.3) is 0 Å². The van der Waals surface area contributed by atoms with E-state index >= 15 is 0 Å². The smallest absolute Gasteiger partial charge is 0.211 e. The Morgan fingerprint density at radius 1 is 0.941 bits per heavy atom. The predicted octanol–water partition coefficient (Wildman–Crippen LogP) is 6.51. The zero-order valence-corrected chi connectivity index (χ0v) is 23.7. The van der Waals surface area contributed by atoms with Crippen LogP contribution in [0.5, 0.6) is 0 Å². The third-order valence-corrected chi connectivity index (χ3v) is 5.26. The van der Waals surface area contributed by atoms with Gasteiger partial charge in [-0.05, 0) is 73.1 Å². The number of aryl methyl sites for hydroxylation is 1. The van der Waals surface area contributed by atoms with Crippen LogP contribution < -0.4 is 16.4 Å². The fourth-order valence-corrected chi connectivity index (χ4v) is 3.24. The molecule has 0 aliphatic carbocycles. The van der Waals surface area contributed by atoms with Crippen LogP contribution in [0.15, 0.2) is 66.7 Å². The molecule has 3 aromatic rings. The van der Waals surface area contributed by atoms with Gasteiger partial charge in [0.05, 0.1) is 0 Å². The second-order valence-electron chi connectivity index (χ2n) is 6.39. The van der Waals surface area contributed by atoms with Gasteiger partial charge in [0, 0.05) is 84.6 Å². The van der Waals surface area contributed by atoms with Crippen LogP contribution in [0.4, 0.5) is 17.1 Å². The first-order valence-corrected chi connectivity index (χ1v) is 14.2. The summed E-state index contributed by atoms with van der Waals surface area (Å²) in [5.41, 5.74) is 11.5. The first kappa shape index (κ1) is 29.4. The number of halogens is 2. The number of para-hydroxylation sites is 1. The molecular formula is C26H23I2N3O2S. The number of hydrogen-bond donors (Lipinski definition) is 3. The lowest BCUT2D eigenvalue weighted by Gasteiger charge is -1.99. The van der Waals surface area contributed by atoms with Gasteiger partial charge in [0.15, 0.2) is 6.29 Å². The lowest BCUT2D eigenvalue weighted by Crippen LogP contribution is -1.94. The van der Waals surface area contributed by atoms with Crippen molar-refractivity contribution in [3.05, 3.63) is 89.0 Å². The zero-order chi connectivity index (χ0) is 25.2. The van der Waals surface area contributed by atoms with Gasteiger partial charge in [0.2, 0.25) is 6.41 Å². The van der Waals surface area contributed by atoms with Crippen molar-refractivity contribution < 1.29 is 9.59 Å². The highest BCUT2D eigenvalue weighted by Crippen LogP contribution is 2.13. The van der Waals surface area contributed by atoms with E-state index in [0.29, 0.717) is 17.7 Å². The first-order chi connectivity index (χ1) is 16.5. The molecule has 0 saturated carbocycles. The molecule has 3 aromatic carbocycles. The molecule has 174 valence electrons. The highest BCUT2D eigenvalue weighted by Gasteiger charge is 1.97. The van der Waals surface area contributed by atoms with Crippen LogP contribution >= 0.6 is 52.7 Å². The molecule has 0 heterocycles. The van der Waals surface area contributed by atoms with Crippen LogP contribution in [-0.2, 0) is 4.79 Å². The number of carbonyl (C=O) groups is 2. The third kappa shape index (κ3) is 11.5. The summed E-state index contributed by atoms with van der Waals surface area (Å²) in [6.07, 6.45) is 1.42. The second kappa shape index (κ2) is 17.8. The minimum Gasteiger partial charge on any atom is -0.398 e. The normalized spacial score (nSPS) is 8.59. The molecule has 1 amide bonds. The number of rotatable bonds is 4. The van der Waals surface area contributed by atoms with E-state index in [9.17, 15) is 9.59 Å². The summed E-state index contributed by atoms with van der Waals surface area (Å²) in [7, 11) is 3.40. The maximum Gasteiger partial charge on any atom is 0.211 e. The summed E-state index contributed by atoms with van der Waals surface area (Å²) in [5, 5.41) is 8.56. The molecule has 4 N–H and O–H groups in total. The number of benzene rings is 3. The van der Waals surface area contributed by atoms with E-state index in [0.717, 1.165) is 34.4 Å². The van der Waals surface area contributed by atoms with Gasteiger partial charge in [-0.2, -0.15) is 0 Å². The van der Waals surface area contributed by atoms with Gasteiger partial charge in [-0.3, -0.25) is 9.59 Å². The van der Waals surface area contributed by atoms with E-state index in [-0.39, 0.29) is 0 Å². The zero-order valence-electron chi connectivity index (χ0n) is 18.6. The van der Waals surface area contributed by atoms with Crippen LogP contribution in [0.3, 0.4) is 0 Å². The number of nitrogens with two attached hydrogens (primary N) is 1. The highest BCUT2D eigenvalue weighted by molar-refractivity contribution is 14.2. The van der Waals surface area contributed by atoms with E-state index < -0.39 is 0 Å². The van der Waals surface area contributed by atoms with Crippen molar-refractivity contribution in [1.82, 2.24) is 0 Å². The van der Waals surface area contributed by atoms with E-state index in [1.54, 1.807) is 6.07 Å². The first-order valence-electron chi connectivity index (χ1n) is 9.77.